The lowest BCUT2D eigenvalue weighted by atomic mass is 9.46. The molecule has 4 nitrogen and oxygen atoms in total. The summed E-state index contributed by atoms with van der Waals surface area (Å²) in [5.41, 5.74) is 1.30. The van der Waals surface area contributed by atoms with Gasteiger partial charge in [-0.2, -0.15) is 0 Å². The summed E-state index contributed by atoms with van der Waals surface area (Å²) >= 11 is 0. The molecule has 4 heteroatoms. The van der Waals surface area contributed by atoms with Crippen LogP contribution in [0.15, 0.2) is 11.6 Å². The molecule has 8 atom stereocenters. The Kier molecular flexibility index (Phi) is 2.82. The highest BCUT2D eigenvalue weighted by Gasteiger charge is 2.72. The Labute approximate surface area is 154 Å². The van der Waals surface area contributed by atoms with E-state index in [4.69, 9.17) is 9.47 Å². The third kappa shape index (κ3) is 1.67. The van der Waals surface area contributed by atoms with Gasteiger partial charge >= 0.3 is 5.97 Å². The van der Waals surface area contributed by atoms with E-state index in [1.807, 2.05) is 6.08 Å². The zero-order valence-corrected chi connectivity index (χ0v) is 15.8. The van der Waals surface area contributed by atoms with Crippen molar-refractivity contribution in [2.24, 2.45) is 28.6 Å². The molecule has 2 heterocycles. The fourth-order valence-corrected chi connectivity index (χ4v) is 8.10. The molecule has 0 aromatic carbocycles. The third-order valence-corrected chi connectivity index (χ3v) is 9.56. The van der Waals surface area contributed by atoms with Gasteiger partial charge < -0.3 is 9.47 Å². The van der Waals surface area contributed by atoms with E-state index in [9.17, 15) is 9.59 Å². The molecule has 26 heavy (non-hydrogen) atoms. The lowest BCUT2D eigenvalue weighted by molar-refractivity contribution is -0.167. The SMILES string of the molecule is C[C@]12CCC(=O)C=C1[C@H]1O[C@H]1C1[C@@H]2CC[C@@]2(C)[C@H]1CC[C@@]21CCC(=O)O1. The summed E-state index contributed by atoms with van der Waals surface area (Å²) in [5, 5.41) is 0. The zero-order chi connectivity index (χ0) is 17.9. The highest BCUT2D eigenvalue weighted by Crippen LogP contribution is 2.72. The molecular formula is C22H28O4. The molecule has 0 bridgehead atoms. The van der Waals surface area contributed by atoms with Gasteiger partial charge in [-0.15, -0.1) is 0 Å². The second kappa shape index (κ2) is 4.63. The van der Waals surface area contributed by atoms with Gasteiger partial charge in [0, 0.05) is 18.3 Å². The molecular weight excluding hydrogens is 328 g/mol. The summed E-state index contributed by atoms with van der Waals surface area (Å²) < 4.78 is 12.2. The van der Waals surface area contributed by atoms with Gasteiger partial charge in [-0.1, -0.05) is 13.8 Å². The highest BCUT2D eigenvalue weighted by atomic mass is 16.6. The van der Waals surface area contributed by atoms with Crippen molar-refractivity contribution in [2.75, 3.05) is 0 Å². The molecule has 2 aliphatic heterocycles. The number of carbonyl (C=O) groups is 2. The summed E-state index contributed by atoms with van der Waals surface area (Å²) in [6.07, 6.45) is 10.0. The summed E-state index contributed by atoms with van der Waals surface area (Å²) in [7, 11) is 0. The van der Waals surface area contributed by atoms with Gasteiger partial charge in [0.1, 0.15) is 11.7 Å². The minimum atomic E-state index is -0.219. The van der Waals surface area contributed by atoms with Gasteiger partial charge in [0.2, 0.25) is 0 Å². The number of carbonyl (C=O) groups excluding carboxylic acids is 2. The normalized spacial score (nSPS) is 57.0. The van der Waals surface area contributed by atoms with E-state index in [1.54, 1.807) is 0 Å². The van der Waals surface area contributed by atoms with Gasteiger partial charge in [0.05, 0.1) is 6.10 Å². The first kappa shape index (κ1) is 15.9. The van der Waals surface area contributed by atoms with Crippen molar-refractivity contribution in [2.45, 2.75) is 83.0 Å². The van der Waals surface area contributed by atoms with Crippen LogP contribution in [0.2, 0.25) is 0 Å². The van der Waals surface area contributed by atoms with E-state index in [1.165, 1.54) is 12.0 Å². The zero-order valence-electron chi connectivity index (χ0n) is 15.8. The van der Waals surface area contributed by atoms with E-state index in [2.05, 4.69) is 13.8 Å². The number of esters is 1. The predicted octanol–water partition coefficient (Wildman–Crippen LogP) is 3.58. The van der Waals surface area contributed by atoms with Crippen molar-refractivity contribution in [3.05, 3.63) is 11.6 Å². The summed E-state index contributed by atoms with van der Waals surface area (Å²) in [6.45, 7) is 4.79. The van der Waals surface area contributed by atoms with Crippen LogP contribution in [0.5, 0.6) is 0 Å². The van der Waals surface area contributed by atoms with E-state index in [0.29, 0.717) is 36.7 Å². The van der Waals surface area contributed by atoms with Crippen molar-refractivity contribution in [3.8, 4) is 0 Å². The van der Waals surface area contributed by atoms with Crippen molar-refractivity contribution in [3.63, 3.8) is 0 Å². The van der Waals surface area contributed by atoms with Crippen LogP contribution in [0.1, 0.15) is 65.2 Å². The van der Waals surface area contributed by atoms with Crippen molar-refractivity contribution >= 4 is 11.8 Å². The molecule has 6 rings (SSSR count). The van der Waals surface area contributed by atoms with Crippen molar-refractivity contribution < 1.29 is 19.1 Å². The molecule has 0 N–H and O–H groups in total. The Morgan fingerprint density at radius 2 is 1.81 bits per heavy atom. The van der Waals surface area contributed by atoms with Gasteiger partial charge in [0.25, 0.3) is 0 Å². The Hall–Kier alpha value is -1.16. The molecule has 1 unspecified atom stereocenters. The van der Waals surface area contributed by atoms with E-state index >= 15 is 0 Å². The second-order valence-corrected chi connectivity index (χ2v) is 10.3. The van der Waals surface area contributed by atoms with Crippen LogP contribution in [0.25, 0.3) is 0 Å². The number of hydrogen-bond acceptors (Lipinski definition) is 4. The summed E-state index contributed by atoms with van der Waals surface area (Å²) in [5.74, 6) is 2.03. The van der Waals surface area contributed by atoms with E-state index in [-0.39, 0.29) is 34.3 Å². The molecule has 4 aliphatic carbocycles. The highest BCUT2D eigenvalue weighted by molar-refractivity contribution is 5.92. The number of fused-ring (bicyclic) bond motifs is 9. The number of epoxide rings is 1. The Morgan fingerprint density at radius 1 is 1.00 bits per heavy atom. The van der Waals surface area contributed by atoms with E-state index in [0.717, 1.165) is 32.1 Å². The first-order valence-corrected chi connectivity index (χ1v) is 10.5. The molecule has 140 valence electrons. The van der Waals surface area contributed by atoms with Crippen LogP contribution in [-0.4, -0.2) is 29.6 Å². The maximum Gasteiger partial charge on any atom is 0.306 e. The van der Waals surface area contributed by atoms with Crippen LogP contribution in [0, 0.1) is 28.6 Å². The van der Waals surface area contributed by atoms with E-state index < -0.39 is 0 Å². The quantitative estimate of drug-likeness (QED) is 0.492. The smallest absolute Gasteiger partial charge is 0.306 e. The average molecular weight is 356 g/mol. The lowest BCUT2D eigenvalue weighted by Crippen LogP contribution is -2.56. The standard InChI is InChI=1S/C22H28O4/c1-20-7-3-12(23)11-15(20)18-19(25-18)17-13(20)4-8-21(2)14(17)5-9-22(21)10-6-16(24)26-22/h11,13-14,17-19H,3-10H2,1-2H3/t13-,14-,17?,18+,19-,20+,21-,22+/m0/s1. The molecule has 0 amide bonds. The lowest BCUT2D eigenvalue weighted by Gasteiger charge is -2.57. The minimum Gasteiger partial charge on any atom is -0.458 e. The molecule has 0 aromatic rings. The van der Waals surface area contributed by atoms with Gasteiger partial charge in [-0.05, 0) is 73.3 Å². The Balaban J connectivity index is 1.40. The maximum atomic E-state index is 12.0. The Morgan fingerprint density at radius 3 is 2.58 bits per heavy atom. The molecule has 6 aliphatic rings. The first-order valence-electron chi connectivity index (χ1n) is 10.5. The molecule has 1 spiro atoms. The largest absolute Gasteiger partial charge is 0.458 e. The summed E-state index contributed by atoms with van der Waals surface area (Å²) in [6, 6.07) is 0. The molecule has 0 aromatic heterocycles. The number of hydrogen-bond donors (Lipinski definition) is 0. The first-order chi connectivity index (χ1) is 12.4. The van der Waals surface area contributed by atoms with Gasteiger partial charge in [0.15, 0.2) is 5.78 Å². The third-order valence-electron chi connectivity index (χ3n) is 9.56. The van der Waals surface area contributed by atoms with Crippen LogP contribution in [0.4, 0.5) is 0 Å². The van der Waals surface area contributed by atoms with Gasteiger partial charge in [-0.3, -0.25) is 9.59 Å². The fraction of sp³-hybridized carbons (Fsp3) is 0.818. The monoisotopic (exact) mass is 356 g/mol. The minimum absolute atomic E-state index is 0.00108. The molecule has 2 saturated heterocycles. The fourth-order valence-electron chi connectivity index (χ4n) is 8.10. The Bertz CT molecular complexity index is 755. The maximum absolute atomic E-state index is 12.0. The topological polar surface area (TPSA) is 55.9 Å². The predicted molar refractivity (Wildman–Crippen MR) is 94.2 cm³/mol. The number of ether oxygens (including phenoxy) is 2. The number of ketones is 1. The van der Waals surface area contributed by atoms with Crippen LogP contribution >= 0.6 is 0 Å². The molecule has 3 saturated carbocycles. The second-order valence-electron chi connectivity index (χ2n) is 10.3. The van der Waals surface area contributed by atoms with Crippen LogP contribution in [0.3, 0.4) is 0 Å². The number of rotatable bonds is 0. The van der Waals surface area contributed by atoms with Crippen LogP contribution in [-0.2, 0) is 19.1 Å². The average Bonchev–Trinajstić information content (AvgIpc) is 3.23. The summed E-state index contributed by atoms with van der Waals surface area (Å²) in [4.78, 5) is 24.0. The van der Waals surface area contributed by atoms with Crippen LogP contribution < -0.4 is 0 Å². The van der Waals surface area contributed by atoms with Crippen molar-refractivity contribution in [1.29, 1.82) is 0 Å². The van der Waals surface area contributed by atoms with Crippen molar-refractivity contribution in [1.82, 2.24) is 0 Å². The molecule has 0 radical (unpaired) electrons. The molecule has 5 fully saturated rings. The van der Waals surface area contributed by atoms with Gasteiger partial charge in [-0.25, -0.2) is 0 Å².